The number of carboxylic acids is 1. The lowest BCUT2D eigenvalue weighted by atomic mass is 10.3. The highest BCUT2D eigenvalue weighted by molar-refractivity contribution is 9.10. The van der Waals surface area contributed by atoms with E-state index in [1.54, 1.807) is 18.5 Å². The summed E-state index contributed by atoms with van der Waals surface area (Å²) in [6, 6.07) is 1.59. The SMILES string of the molecule is CCn1cc(Cn2cc(C(=O)O)cc2Br)cn1. The molecule has 0 saturated carbocycles. The maximum Gasteiger partial charge on any atom is 0.337 e. The Labute approximate surface area is 107 Å². The van der Waals surface area contributed by atoms with Crippen molar-refractivity contribution in [2.45, 2.75) is 20.0 Å². The summed E-state index contributed by atoms with van der Waals surface area (Å²) >= 11 is 3.34. The van der Waals surface area contributed by atoms with Crippen molar-refractivity contribution in [3.63, 3.8) is 0 Å². The van der Waals surface area contributed by atoms with E-state index in [4.69, 9.17) is 5.11 Å². The molecule has 0 radical (unpaired) electrons. The molecule has 2 aromatic heterocycles. The van der Waals surface area contributed by atoms with Crippen LogP contribution in [-0.4, -0.2) is 25.4 Å². The number of aromatic carboxylic acids is 1. The molecule has 0 unspecified atom stereocenters. The number of halogens is 1. The monoisotopic (exact) mass is 297 g/mol. The largest absolute Gasteiger partial charge is 0.478 e. The van der Waals surface area contributed by atoms with Crippen LogP contribution in [0.15, 0.2) is 29.3 Å². The number of aromatic nitrogens is 3. The third-order valence-corrected chi connectivity index (χ3v) is 3.14. The van der Waals surface area contributed by atoms with Crippen molar-refractivity contribution < 1.29 is 9.90 Å². The van der Waals surface area contributed by atoms with Crippen LogP contribution in [0.1, 0.15) is 22.8 Å². The molecular formula is C11H12BrN3O2. The van der Waals surface area contributed by atoms with Gasteiger partial charge in [-0.1, -0.05) is 0 Å². The average molecular weight is 298 g/mol. The third kappa shape index (κ3) is 2.58. The van der Waals surface area contributed by atoms with E-state index in [0.29, 0.717) is 6.54 Å². The molecule has 17 heavy (non-hydrogen) atoms. The Morgan fingerprint density at radius 2 is 2.29 bits per heavy atom. The predicted molar refractivity (Wildman–Crippen MR) is 66.1 cm³/mol. The Balaban J connectivity index is 2.20. The molecule has 0 aliphatic heterocycles. The fraction of sp³-hybridized carbons (Fsp3) is 0.273. The Morgan fingerprint density at radius 1 is 1.53 bits per heavy atom. The number of carboxylic acid groups (broad SMARTS) is 1. The molecule has 0 aliphatic carbocycles. The van der Waals surface area contributed by atoms with Crippen LogP contribution < -0.4 is 0 Å². The molecule has 0 saturated heterocycles. The molecule has 0 aromatic carbocycles. The first kappa shape index (κ1) is 11.9. The van der Waals surface area contributed by atoms with Crippen molar-refractivity contribution in [1.29, 1.82) is 0 Å². The molecule has 0 aliphatic rings. The minimum absolute atomic E-state index is 0.278. The van der Waals surface area contributed by atoms with Gasteiger partial charge in [0.25, 0.3) is 0 Å². The van der Waals surface area contributed by atoms with Crippen molar-refractivity contribution in [2.24, 2.45) is 0 Å². The topological polar surface area (TPSA) is 60.0 Å². The highest BCUT2D eigenvalue weighted by atomic mass is 79.9. The van der Waals surface area contributed by atoms with Crippen molar-refractivity contribution in [1.82, 2.24) is 14.3 Å². The second-order valence-electron chi connectivity index (χ2n) is 3.69. The molecule has 0 spiro atoms. The van der Waals surface area contributed by atoms with Crippen molar-refractivity contribution in [3.8, 4) is 0 Å². The zero-order valence-electron chi connectivity index (χ0n) is 9.30. The second-order valence-corrected chi connectivity index (χ2v) is 4.50. The van der Waals surface area contributed by atoms with Gasteiger partial charge in [-0.25, -0.2) is 4.79 Å². The molecule has 0 fully saturated rings. The van der Waals surface area contributed by atoms with E-state index >= 15 is 0 Å². The quantitative estimate of drug-likeness (QED) is 0.941. The van der Waals surface area contributed by atoms with Gasteiger partial charge in [-0.2, -0.15) is 5.10 Å². The van der Waals surface area contributed by atoms with Gasteiger partial charge in [0.2, 0.25) is 0 Å². The van der Waals surface area contributed by atoms with E-state index in [9.17, 15) is 4.79 Å². The van der Waals surface area contributed by atoms with Crippen LogP contribution in [0.25, 0.3) is 0 Å². The number of hydrogen-bond acceptors (Lipinski definition) is 2. The van der Waals surface area contributed by atoms with E-state index in [0.717, 1.165) is 16.7 Å². The number of carbonyl (C=O) groups is 1. The predicted octanol–water partition coefficient (Wildman–Crippen LogP) is 2.21. The van der Waals surface area contributed by atoms with E-state index in [2.05, 4.69) is 21.0 Å². The number of rotatable bonds is 4. The molecule has 1 N–H and O–H groups in total. The number of nitrogens with zero attached hydrogens (tertiary/aromatic N) is 3. The van der Waals surface area contributed by atoms with Gasteiger partial charge in [0.05, 0.1) is 22.9 Å². The molecule has 2 aromatic rings. The van der Waals surface area contributed by atoms with Crippen molar-refractivity contribution in [3.05, 3.63) is 40.4 Å². The van der Waals surface area contributed by atoms with Crippen LogP contribution in [0.5, 0.6) is 0 Å². The summed E-state index contributed by atoms with van der Waals surface area (Å²) in [4.78, 5) is 10.8. The van der Waals surface area contributed by atoms with Crippen molar-refractivity contribution in [2.75, 3.05) is 0 Å². The summed E-state index contributed by atoms with van der Waals surface area (Å²) < 4.78 is 4.42. The van der Waals surface area contributed by atoms with Crippen molar-refractivity contribution >= 4 is 21.9 Å². The van der Waals surface area contributed by atoms with Gasteiger partial charge in [-0.05, 0) is 28.9 Å². The van der Waals surface area contributed by atoms with E-state index in [1.165, 1.54) is 0 Å². The zero-order valence-corrected chi connectivity index (χ0v) is 10.9. The molecule has 0 atom stereocenters. The molecule has 6 heteroatoms. The summed E-state index contributed by atoms with van der Waals surface area (Å²) in [7, 11) is 0. The summed E-state index contributed by atoms with van der Waals surface area (Å²) in [6.07, 6.45) is 5.35. The van der Waals surface area contributed by atoms with Crippen LogP contribution >= 0.6 is 15.9 Å². The highest BCUT2D eigenvalue weighted by Crippen LogP contribution is 2.17. The summed E-state index contributed by atoms with van der Waals surface area (Å²) in [5, 5.41) is 13.1. The van der Waals surface area contributed by atoms with E-state index < -0.39 is 5.97 Å². The fourth-order valence-electron chi connectivity index (χ4n) is 1.57. The van der Waals surface area contributed by atoms with Gasteiger partial charge >= 0.3 is 5.97 Å². The molecular weight excluding hydrogens is 286 g/mol. The van der Waals surface area contributed by atoms with Gasteiger partial charge in [-0.3, -0.25) is 4.68 Å². The first-order valence-corrected chi connectivity index (χ1v) is 5.99. The first-order valence-electron chi connectivity index (χ1n) is 5.20. The maximum absolute atomic E-state index is 10.8. The summed E-state index contributed by atoms with van der Waals surface area (Å²) in [5.41, 5.74) is 1.32. The van der Waals surface area contributed by atoms with Crippen LogP contribution in [0.3, 0.4) is 0 Å². The van der Waals surface area contributed by atoms with Gasteiger partial charge in [-0.15, -0.1) is 0 Å². The Morgan fingerprint density at radius 3 is 2.82 bits per heavy atom. The zero-order chi connectivity index (χ0) is 12.4. The lowest BCUT2D eigenvalue weighted by molar-refractivity contribution is 0.0697. The standard InChI is InChI=1S/C11H12BrN3O2/c1-2-15-6-8(4-13-15)5-14-7-9(11(16)17)3-10(14)12/h3-4,6-7H,2,5H2,1H3,(H,16,17). The Kier molecular flexibility index (Phi) is 3.33. The van der Waals surface area contributed by atoms with Crippen LogP contribution in [0, 0.1) is 0 Å². The third-order valence-electron chi connectivity index (χ3n) is 2.45. The lowest BCUT2D eigenvalue weighted by Crippen LogP contribution is -1.98. The molecule has 0 amide bonds. The average Bonchev–Trinajstić information content (AvgIpc) is 2.87. The fourth-order valence-corrected chi connectivity index (χ4v) is 2.05. The molecule has 2 rings (SSSR count). The van der Waals surface area contributed by atoms with Crippen LogP contribution in [-0.2, 0) is 13.1 Å². The van der Waals surface area contributed by atoms with Gasteiger partial charge in [0, 0.05) is 24.5 Å². The maximum atomic E-state index is 10.8. The second kappa shape index (κ2) is 4.75. The first-order chi connectivity index (χ1) is 8.10. The van der Waals surface area contributed by atoms with Gasteiger partial charge in [0.15, 0.2) is 0 Å². The number of aryl methyl sites for hydroxylation is 1. The van der Waals surface area contributed by atoms with Gasteiger partial charge < -0.3 is 9.67 Å². The van der Waals surface area contributed by atoms with E-state index in [-0.39, 0.29) is 5.56 Å². The minimum atomic E-state index is -0.922. The van der Waals surface area contributed by atoms with Gasteiger partial charge in [0.1, 0.15) is 0 Å². The summed E-state index contributed by atoms with van der Waals surface area (Å²) in [5.74, 6) is -0.922. The normalized spacial score (nSPS) is 10.7. The van der Waals surface area contributed by atoms with E-state index in [1.807, 2.05) is 22.4 Å². The molecule has 5 nitrogen and oxygen atoms in total. The highest BCUT2D eigenvalue weighted by Gasteiger charge is 2.10. The summed E-state index contributed by atoms with van der Waals surface area (Å²) in [6.45, 7) is 3.45. The molecule has 2 heterocycles. The molecule has 90 valence electrons. The Hall–Kier alpha value is -1.56. The lowest BCUT2D eigenvalue weighted by Gasteiger charge is -2.01. The minimum Gasteiger partial charge on any atom is -0.478 e. The Bertz CT molecular complexity index is 545. The van der Waals surface area contributed by atoms with Crippen LogP contribution in [0.4, 0.5) is 0 Å². The molecule has 0 bridgehead atoms. The smallest absolute Gasteiger partial charge is 0.337 e. The number of hydrogen-bond donors (Lipinski definition) is 1. The van der Waals surface area contributed by atoms with Crippen LogP contribution in [0.2, 0.25) is 0 Å².